The second-order valence-corrected chi connectivity index (χ2v) is 2.52. The van der Waals surface area contributed by atoms with Crippen molar-refractivity contribution in [2.24, 2.45) is 11.8 Å². The van der Waals surface area contributed by atoms with E-state index in [2.05, 4.69) is 4.84 Å². The molecule has 0 heterocycles. The summed E-state index contributed by atoms with van der Waals surface area (Å²) in [5.41, 5.74) is 0. The lowest BCUT2D eigenvalue weighted by atomic mass is 10.0. The van der Waals surface area contributed by atoms with Gasteiger partial charge in [-0.05, 0) is 5.92 Å². The third kappa shape index (κ3) is 3.42. The van der Waals surface area contributed by atoms with Crippen LogP contribution < -0.4 is 5.90 Å². The molecule has 0 radical (unpaired) electrons. The number of hydrogen-bond acceptors (Lipinski definition) is 3. The lowest BCUT2D eigenvalue weighted by Crippen LogP contribution is -2.26. The molecular formula is C6H13NO3. The first-order valence-corrected chi connectivity index (χ1v) is 3.15. The highest BCUT2D eigenvalue weighted by Gasteiger charge is 2.16. The van der Waals surface area contributed by atoms with E-state index < -0.39 is 5.97 Å². The number of aliphatic carboxylic acids is 1. The second kappa shape index (κ2) is 4.24. The van der Waals surface area contributed by atoms with Gasteiger partial charge in [0.1, 0.15) is 0 Å². The van der Waals surface area contributed by atoms with Crippen molar-refractivity contribution in [2.45, 2.75) is 26.4 Å². The van der Waals surface area contributed by atoms with E-state index in [1.165, 1.54) is 0 Å². The average Bonchev–Trinajstić information content (AvgIpc) is 1.81. The van der Waals surface area contributed by atoms with Crippen molar-refractivity contribution in [3.63, 3.8) is 0 Å². The van der Waals surface area contributed by atoms with Crippen LogP contribution in [0.2, 0.25) is 0 Å². The minimum absolute atomic E-state index is 0.0336. The molecular weight excluding hydrogens is 134 g/mol. The molecule has 4 heteroatoms. The second-order valence-electron chi connectivity index (χ2n) is 2.52. The molecule has 0 aliphatic heterocycles. The summed E-state index contributed by atoms with van der Waals surface area (Å²) in [5, 5.41) is 8.33. The summed E-state index contributed by atoms with van der Waals surface area (Å²) < 4.78 is 0. The van der Waals surface area contributed by atoms with E-state index in [1.807, 2.05) is 13.8 Å². The van der Waals surface area contributed by atoms with Gasteiger partial charge in [-0.1, -0.05) is 13.8 Å². The van der Waals surface area contributed by atoms with Crippen LogP contribution >= 0.6 is 0 Å². The van der Waals surface area contributed by atoms with Gasteiger partial charge in [-0.2, -0.15) is 0 Å². The molecule has 0 fully saturated rings. The van der Waals surface area contributed by atoms with Gasteiger partial charge in [-0.15, -0.1) is 0 Å². The van der Waals surface area contributed by atoms with Crippen molar-refractivity contribution in [3.05, 3.63) is 0 Å². The van der Waals surface area contributed by atoms with Crippen molar-refractivity contribution in [1.82, 2.24) is 0 Å². The normalized spacial score (nSPS) is 13.6. The number of carbonyl (C=O) groups is 1. The monoisotopic (exact) mass is 147 g/mol. The lowest BCUT2D eigenvalue weighted by Gasteiger charge is -2.14. The van der Waals surface area contributed by atoms with E-state index in [4.69, 9.17) is 11.0 Å². The number of carboxylic acids is 1. The largest absolute Gasteiger partial charge is 0.481 e. The Balaban J connectivity index is 3.71. The van der Waals surface area contributed by atoms with Crippen LogP contribution in [0, 0.1) is 5.92 Å². The summed E-state index contributed by atoms with van der Waals surface area (Å²) in [6, 6.07) is 0. The zero-order chi connectivity index (χ0) is 8.15. The first kappa shape index (κ1) is 9.39. The molecule has 60 valence electrons. The van der Waals surface area contributed by atoms with E-state index in [-0.39, 0.29) is 18.4 Å². The fourth-order valence-electron chi connectivity index (χ4n) is 0.613. The third-order valence-electron chi connectivity index (χ3n) is 1.29. The maximum atomic E-state index is 10.1. The van der Waals surface area contributed by atoms with Crippen LogP contribution in [0.25, 0.3) is 0 Å². The fourth-order valence-corrected chi connectivity index (χ4v) is 0.613. The maximum Gasteiger partial charge on any atom is 0.306 e. The maximum absolute atomic E-state index is 10.1. The Labute approximate surface area is 59.9 Å². The SMILES string of the molecule is CC(C)C(CC(=O)O)ON. The zero-order valence-corrected chi connectivity index (χ0v) is 6.20. The van der Waals surface area contributed by atoms with Gasteiger partial charge in [-0.25, -0.2) is 5.90 Å². The van der Waals surface area contributed by atoms with Crippen molar-refractivity contribution >= 4 is 5.97 Å². The highest BCUT2D eigenvalue weighted by atomic mass is 16.6. The highest BCUT2D eigenvalue weighted by Crippen LogP contribution is 2.07. The Morgan fingerprint density at radius 3 is 2.30 bits per heavy atom. The summed E-state index contributed by atoms with van der Waals surface area (Å²) in [5.74, 6) is 4.11. The molecule has 0 saturated carbocycles. The fraction of sp³-hybridized carbons (Fsp3) is 0.833. The molecule has 0 aromatic carbocycles. The van der Waals surface area contributed by atoms with Gasteiger partial charge in [0, 0.05) is 0 Å². The van der Waals surface area contributed by atoms with Crippen LogP contribution in [0.4, 0.5) is 0 Å². The topological polar surface area (TPSA) is 72.5 Å². The minimum atomic E-state index is -0.885. The molecule has 1 unspecified atom stereocenters. The van der Waals surface area contributed by atoms with Gasteiger partial charge in [0.15, 0.2) is 0 Å². The molecule has 0 aromatic rings. The Kier molecular flexibility index (Phi) is 3.99. The molecule has 0 spiro atoms. The summed E-state index contributed by atoms with van der Waals surface area (Å²) >= 11 is 0. The molecule has 1 atom stereocenters. The van der Waals surface area contributed by atoms with Gasteiger partial charge in [0.2, 0.25) is 0 Å². The average molecular weight is 147 g/mol. The third-order valence-corrected chi connectivity index (χ3v) is 1.29. The molecule has 0 rings (SSSR count). The predicted octanol–water partition coefficient (Wildman–Crippen LogP) is 0.376. The minimum Gasteiger partial charge on any atom is -0.481 e. The van der Waals surface area contributed by atoms with E-state index >= 15 is 0 Å². The Morgan fingerprint density at radius 2 is 2.20 bits per heavy atom. The van der Waals surface area contributed by atoms with Gasteiger partial charge < -0.3 is 9.94 Å². The van der Waals surface area contributed by atoms with Crippen LogP contribution in [0.3, 0.4) is 0 Å². The van der Waals surface area contributed by atoms with Crippen LogP contribution in [-0.2, 0) is 9.63 Å². The molecule has 3 N–H and O–H groups in total. The van der Waals surface area contributed by atoms with Gasteiger partial charge in [0.05, 0.1) is 12.5 Å². The van der Waals surface area contributed by atoms with Crippen LogP contribution in [0.5, 0.6) is 0 Å². The van der Waals surface area contributed by atoms with Crippen molar-refractivity contribution in [1.29, 1.82) is 0 Å². The number of hydrogen-bond donors (Lipinski definition) is 2. The highest BCUT2D eigenvalue weighted by molar-refractivity contribution is 5.67. The van der Waals surface area contributed by atoms with Crippen molar-refractivity contribution in [2.75, 3.05) is 0 Å². The first-order valence-electron chi connectivity index (χ1n) is 3.15. The summed E-state index contributed by atoms with van der Waals surface area (Å²) in [4.78, 5) is 14.6. The van der Waals surface area contributed by atoms with Gasteiger partial charge in [-0.3, -0.25) is 4.79 Å². The molecule has 0 amide bonds. The lowest BCUT2D eigenvalue weighted by molar-refractivity contribution is -0.141. The van der Waals surface area contributed by atoms with E-state index in [9.17, 15) is 4.79 Å². The van der Waals surface area contributed by atoms with Crippen molar-refractivity contribution < 1.29 is 14.7 Å². The summed E-state index contributed by atoms with van der Waals surface area (Å²) in [6.45, 7) is 3.72. The number of carboxylic acid groups (broad SMARTS) is 1. The van der Waals surface area contributed by atoms with Crippen molar-refractivity contribution in [3.8, 4) is 0 Å². The quantitative estimate of drug-likeness (QED) is 0.564. The van der Waals surface area contributed by atoms with Gasteiger partial charge in [0.25, 0.3) is 0 Å². The Bertz CT molecular complexity index is 114. The Hall–Kier alpha value is -0.610. The molecule has 0 bridgehead atoms. The van der Waals surface area contributed by atoms with Crippen LogP contribution in [0.1, 0.15) is 20.3 Å². The number of nitrogens with two attached hydrogens (primary N) is 1. The predicted molar refractivity (Wildman–Crippen MR) is 36.2 cm³/mol. The van der Waals surface area contributed by atoms with Gasteiger partial charge >= 0.3 is 5.97 Å². The van der Waals surface area contributed by atoms with E-state index in [0.717, 1.165) is 0 Å². The smallest absolute Gasteiger partial charge is 0.306 e. The molecule has 0 aliphatic rings. The standard InChI is InChI=1S/C6H13NO3/c1-4(2)5(10-7)3-6(8)9/h4-5H,3,7H2,1-2H3,(H,8,9). The summed E-state index contributed by atoms with van der Waals surface area (Å²) in [7, 11) is 0. The van der Waals surface area contributed by atoms with Crippen LogP contribution in [0.15, 0.2) is 0 Å². The molecule has 0 saturated heterocycles. The molecule has 4 nitrogen and oxygen atoms in total. The molecule has 10 heavy (non-hydrogen) atoms. The molecule has 0 aliphatic carbocycles. The van der Waals surface area contributed by atoms with E-state index in [0.29, 0.717) is 0 Å². The van der Waals surface area contributed by atoms with E-state index in [1.54, 1.807) is 0 Å². The first-order chi connectivity index (χ1) is 4.57. The summed E-state index contributed by atoms with van der Waals surface area (Å²) in [6.07, 6.45) is -0.411. The molecule has 0 aromatic heterocycles. The zero-order valence-electron chi connectivity index (χ0n) is 6.20. The number of rotatable bonds is 4. The Morgan fingerprint density at radius 1 is 1.70 bits per heavy atom. The van der Waals surface area contributed by atoms with Crippen LogP contribution in [-0.4, -0.2) is 17.2 Å².